The summed E-state index contributed by atoms with van der Waals surface area (Å²) in [5, 5.41) is 9.11. The number of nitrogens with one attached hydrogen (secondary N) is 1. The molecule has 1 N–H and O–H groups in total. The van der Waals surface area contributed by atoms with Gasteiger partial charge in [-0.3, -0.25) is 14.6 Å². The minimum Gasteiger partial charge on any atom is -0.351 e. The van der Waals surface area contributed by atoms with Crippen molar-refractivity contribution >= 4 is 17.2 Å². The monoisotopic (exact) mass is 411 g/mol. The largest absolute Gasteiger partial charge is 0.351 e. The van der Waals surface area contributed by atoms with Gasteiger partial charge in [0.05, 0.1) is 17.5 Å². The number of rotatable bonds is 7. The van der Waals surface area contributed by atoms with Crippen molar-refractivity contribution in [3.05, 3.63) is 59.3 Å². The average Bonchev–Trinajstić information content (AvgIpc) is 3.45. The van der Waals surface area contributed by atoms with Gasteiger partial charge in [-0.2, -0.15) is 4.98 Å². The lowest BCUT2D eigenvalue weighted by Crippen LogP contribution is -2.53. The summed E-state index contributed by atoms with van der Waals surface area (Å²) >= 11 is 1.60. The summed E-state index contributed by atoms with van der Waals surface area (Å²) in [5.74, 6) is 1.35. The van der Waals surface area contributed by atoms with E-state index in [2.05, 4.69) is 25.3 Å². The van der Waals surface area contributed by atoms with Crippen LogP contribution in [0, 0.1) is 0 Å². The van der Waals surface area contributed by atoms with Crippen LogP contribution in [0.1, 0.15) is 18.4 Å². The molecule has 1 unspecified atom stereocenters. The second-order valence-corrected chi connectivity index (χ2v) is 8.13. The van der Waals surface area contributed by atoms with Gasteiger partial charge in [0, 0.05) is 32.7 Å². The number of carbonyl (C=O) groups is 1. The van der Waals surface area contributed by atoms with Crippen molar-refractivity contribution in [2.75, 3.05) is 26.2 Å². The molecule has 0 saturated carbocycles. The molecule has 3 aromatic rings. The highest BCUT2D eigenvalue weighted by atomic mass is 32.1. The Morgan fingerprint density at radius 1 is 1.17 bits per heavy atom. The first-order chi connectivity index (χ1) is 14.2. The topological polar surface area (TPSA) is 74.5 Å². The van der Waals surface area contributed by atoms with E-state index in [0.29, 0.717) is 24.8 Å². The summed E-state index contributed by atoms with van der Waals surface area (Å²) in [4.78, 5) is 22.5. The Kier molecular flexibility index (Phi) is 6.33. The van der Waals surface area contributed by atoms with Crippen LogP contribution in [0.2, 0.25) is 0 Å². The van der Waals surface area contributed by atoms with Crippen LogP contribution in [0.25, 0.3) is 10.7 Å². The Hall–Kier alpha value is -2.55. The van der Waals surface area contributed by atoms with E-state index in [1.54, 1.807) is 11.3 Å². The van der Waals surface area contributed by atoms with E-state index in [1.807, 2.05) is 54.8 Å². The fourth-order valence-corrected chi connectivity index (χ4v) is 4.07. The molecule has 0 spiro atoms. The van der Waals surface area contributed by atoms with Gasteiger partial charge in [0.1, 0.15) is 0 Å². The Morgan fingerprint density at radius 3 is 2.69 bits per heavy atom. The summed E-state index contributed by atoms with van der Waals surface area (Å²) in [5.41, 5.74) is 1.11. The molecule has 1 saturated heterocycles. The first-order valence-electron chi connectivity index (χ1n) is 9.83. The number of hydrogen-bond acceptors (Lipinski definition) is 7. The molecule has 1 amide bonds. The third-order valence-electron chi connectivity index (χ3n) is 5.21. The van der Waals surface area contributed by atoms with E-state index in [-0.39, 0.29) is 11.9 Å². The highest BCUT2D eigenvalue weighted by Crippen LogP contribution is 2.21. The Labute approximate surface area is 174 Å². The molecule has 3 heterocycles. The maximum Gasteiger partial charge on any atom is 0.241 e. The van der Waals surface area contributed by atoms with Crippen molar-refractivity contribution in [1.82, 2.24) is 25.3 Å². The first kappa shape index (κ1) is 19.8. The van der Waals surface area contributed by atoms with E-state index in [1.165, 1.54) is 0 Å². The van der Waals surface area contributed by atoms with E-state index < -0.39 is 0 Å². The lowest BCUT2D eigenvalue weighted by Gasteiger charge is -2.36. The Morgan fingerprint density at radius 2 is 1.97 bits per heavy atom. The van der Waals surface area contributed by atoms with Gasteiger partial charge in [0.25, 0.3) is 0 Å². The predicted molar refractivity (Wildman–Crippen MR) is 112 cm³/mol. The predicted octanol–water partition coefficient (Wildman–Crippen LogP) is 2.62. The van der Waals surface area contributed by atoms with Crippen LogP contribution < -0.4 is 5.32 Å². The smallest absolute Gasteiger partial charge is 0.241 e. The third kappa shape index (κ3) is 5.09. The van der Waals surface area contributed by atoms with Gasteiger partial charge in [-0.15, -0.1) is 11.3 Å². The number of amides is 1. The van der Waals surface area contributed by atoms with Crippen molar-refractivity contribution in [3.8, 4) is 10.7 Å². The van der Waals surface area contributed by atoms with Crippen molar-refractivity contribution in [3.63, 3.8) is 0 Å². The first-order valence-corrected chi connectivity index (χ1v) is 10.7. The second-order valence-electron chi connectivity index (χ2n) is 7.18. The number of piperazine rings is 1. The van der Waals surface area contributed by atoms with Gasteiger partial charge in [0.2, 0.25) is 17.6 Å². The summed E-state index contributed by atoms with van der Waals surface area (Å²) < 4.78 is 5.40. The van der Waals surface area contributed by atoms with Crippen molar-refractivity contribution in [2.45, 2.75) is 26.1 Å². The minimum atomic E-state index is -0.144. The molecule has 152 valence electrons. The lowest BCUT2D eigenvalue weighted by molar-refractivity contribution is -0.126. The maximum atomic E-state index is 12.5. The van der Waals surface area contributed by atoms with Crippen LogP contribution in [0.4, 0.5) is 0 Å². The van der Waals surface area contributed by atoms with Gasteiger partial charge in [0.15, 0.2) is 0 Å². The van der Waals surface area contributed by atoms with Crippen LogP contribution >= 0.6 is 11.3 Å². The molecule has 4 rings (SSSR count). The van der Waals surface area contributed by atoms with E-state index in [9.17, 15) is 4.79 Å². The van der Waals surface area contributed by atoms with E-state index in [4.69, 9.17) is 4.52 Å². The summed E-state index contributed by atoms with van der Waals surface area (Å²) in [6.45, 7) is 6.59. The molecule has 1 atom stereocenters. The molecule has 1 aliphatic heterocycles. The molecule has 29 heavy (non-hydrogen) atoms. The second kappa shape index (κ2) is 9.30. The zero-order valence-corrected chi connectivity index (χ0v) is 17.3. The molecule has 0 radical (unpaired) electrons. The lowest BCUT2D eigenvalue weighted by atomic mass is 10.2. The highest BCUT2D eigenvalue weighted by Gasteiger charge is 2.26. The number of aromatic nitrogens is 2. The zero-order chi connectivity index (χ0) is 20.1. The SMILES string of the molecule is CC(C(=O)NCc1ccccc1)N1CCN(Cc2nc(-c3cccs3)no2)CC1. The van der Waals surface area contributed by atoms with Crippen molar-refractivity contribution in [1.29, 1.82) is 0 Å². The van der Waals surface area contributed by atoms with Crippen LogP contribution in [0.5, 0.6) is 0 Å². The van der Waals surface area contributed by atoms with E-state index >= 15 is 0 Å². The Balaban J connectivity index is 1.23. The fourth-order valence-electron chi connectivity index (χ4n) is 3.42. The molecule has 1 fully saturated rings. The summed E-state index contributed by atoms with van der Waals surface area (Å²) in [6.07, 6.45) is 0. The van der Waals surface area contributed by atoms with Crippen LogP contribution in [0.3, 0.4) is 0 Å². The molecule has 8 heteroatoms. The molecule has 0 aliphatic carbocycles. The molecule has 2 aromatic heterocycles. The van der Waals surface area contributed by atoms with Crippen molar-refractivity contribution < 1.29 is 9.32 Å². The average molecular weight is 412 g/mol. The molecule has 1 aromatic carbocycles. The number of benzene rings is 1. The van der Waals surface area contributed by atoms with Crippen LogP contribution in [0.15, 0.2) is 52.4 Å². The van der Waals surface area contributed by atoms with Crippen LogP contribution in [-0.4, -0.2) is 58.1 Å². The summed E-state index contributed by atoms with van der Waals surface area (Å²) in [7, 11) is 0. The normalized spacial score (nSPS) is 16.6. The number of thiophene rings is 1. The minimum absolute atomic E-state index is 0.0693. The van der Waals surface area contributed by atoms with Gasteiger partial charge < -0.3 is 9.84 Å². The van der Waals surface area contributed by atoms with Gasteiger partial charge >= 0.3 is 0 Å². The molecule has 0 bridgehead atoms. The molecule has 1 aliphatic rings. The number of nitrogens with zero attached hydrogens (tertiary/aromatic N) is 4. The summed E-state index contributed by atoms with van der Waals surface area (Å²) in [6, 6.07) is 13.8. The number of hydrogen-bond donors (Lipinski definition) is 1. The highest BCUT2D eigenvalue weighted by molar-refractivity contribution is 7.13. The molecular formula is C21H25N5O2S. The van der Waals surface area contributed by atoms with E-state index in [0.717, 1.165) is 36.6 Å². The van der Waals surface area contributed by atoms with Crippen LogP contribution in [-0.2, 0) is 17.9 Å². The quantitative estimate of drug-likeness (QED) is 0.644. The van der Waals surface area contributed by atoms with Crippen molar-refractivity contribution in [2.24, 2.45) is 0 Å². The van der Waals surface area contributed by atoms with Gasteiger partial charge in [-0.25, -0.2) is 0 Å². The number of carbonyl (C=O) groups excluding carboxylic acids is 1. The fraction of sp³-hybridized carbons (Fsp3) is 0.381. The van der Waals surface area contributed by atoms with Gasteiger partial charge in [-0.05, 0) is 23.9 Å². The van der Waals surface area contributed by atoms with Gasteiger partial charge in [-0.1, -0.05) is 41.6 Å². The Bertz CT molecular complexity index is 904. The maximum absolute atomic E-state index is 12.5. The zero-order valence-electron chi connectivity index (χ0n) is 16.5. The molecular weight excluding hydrogens is 386 g/mol. The third-order valence-corrected chi connectivity index (χ3v) is 6.08. The molecule has 7 nitrogen and oxygen atoms in total. The standard InChI is InChI=1S/C21H25N5O2S/c1-16(21(27)22-14-17-6-3-2-4-7-17)26-11-9-25(10-12-26)15-19-23-20(24-28-19)18-8-5-13-29-18/h2-8,13,16H,9-12,14-15H2,1H3,(H,22,27).